The Balaban J connectivity index is 2.42. The number of carbonyl (C=O) groups is 1. The highest BCUT2D eigenvalue weighted by molar-refractivity contribution is 5.75. The Bertz CT molecular complexity index is 355. The van der Waals surface area contributed by atoms with Crippen LogP contribution < -0.4 is 16.0 Å². The van der Waals surface area contributed by atoms with Crippen LogP contribution in [0.5, 0.6) is 5.75 Å². The molecule has 3 N–H and O–H groups in total. The van der Waals surface area contributed by atoms with Gasteiger partial charge in [0.1, 0.15) is 12.4 Å². The molecule has 1 aromatic rings. The van der Waals surface area contributed by atoms with Crippen molar-refractivity contribution in [1.82, 2.24) is 5.43 Å². The second kappa shape index (κ2) is 6.80. The van der Waals surface area contributed by atoms with Crippen molar-refractivity contribution in [3.8, 4) is 5.75 Å². The fourth-order valence-electron chi connectivity index (χ4n) is 1.24. The monoisotopic (exact) mass is 244 g/mol. The van der Waals surface area contributed by atoms with Crippen LogP contribution in [0.2, 0.25) is 0 Å². The van der Waals surface area contributed by atoms with Gasteiger partial charge in [0, 0.05) is 6.42 Å². The summed E-state index contributed by atoms with van der Waals surface area (Å²) in [6.07, 6.45) is -1.66. The van der Waals surface area contributed by atoms with Crippen LogP contribution in [0.1, 0.15) is 12.0 Å². The molecule has 0 aliphatic rings. The molecule has 0 atom stereocenters. The molecule has 0 saturated carbocycles. The van der Waals surface area contributed by atoms with Gasteiger partial charge >= 0.3 is 0 Å². The summed E-state index contributed by atoms with van der Waals surface area (Å²) in [6, 6.07) is 6.64. The fraction of sp³-hybridized carbons (Fsp3) is 0.364. The first-order valence-corrected chi connectivity index (χ1v) is 5.11. The molecule has 1 amide bonds. The number of aryl methyl sites for hydroxylation is 1. The minimum Gasteiger partial charge on any atom is -0.488 e. The van der Waals surface area contributed by atoms with E-state index in [2.05, 4.69) is 0 Å². The summed E-state index contributed by atoms with van der Waals surface area (Å²) in [5.74, 6) is 5.08. The molecule has 1 aromatic carbocycles. The van der Waals surface area contributed by atoms with Gasteiger partial charge in [-0.15, -0.1) is 0 Å². The number of hydrogen-bond donors (Lipinski definition) is 2. The quantitative estimate of drug-likeness (QED) is 0.449. The second-order valence-corrected chi connectivity index (χ2v) is 3.41. The highest BCUT2D eigenvalue weighted by Crippen LogP contribution is 2.14. The van der Waals surface area contributed by atoms with E-state index in [0.29, 0.717) is 12.2 Å². The maximum Gasteiger partial charge on any atom is 0.272 e. The van der Waals surface area contributed by atoms with Crippen LogP contribution in [0, 0.1) is 0 Å². The lowest BCUT2D eigenvalue weighted by atomic mass is 10.1. The number of alkyl halides is 2. The van der Waals surface area contributed by atoms with E-state index in [-0.39, 0.29) is 12.3 Å². The smallest absolute Gasteiger partial charge is 0.272 e. The Hall–Kier alpha value is -1.69. The predicted octanol–water partition coefficient (Wildman–Crippen LogP) is 1.25. The first-order valence-electron chi connectivity index (χ1n) is 5.11. The zero-order valence-corrected chi connectivity index (χ0v) is 9.16. The predicted molar refractivity (Wildman–Crippen MR) is 58.6 cm³/mol. The van der Waals surface area contributed by atoms with Gasteiger partial charge in [-0.25, -0.2) is 14.6 Å². The Kier molecular flexibility index (Phi) is 5.35. The van der Waals surface area contributed by atoms with Gasteiger partial charge < -0.3 is 4.74 Å². The first kappa shape index (κ1) is 13.4. The standard InChI is InChI=1S/C11H14F2N2O2/c12-10(13)7-17-9-4-1-8(2-5-9)3-6-11(16)15-14/h1-2,4-5,10H,3,6-7,14H2,(H,15,16). The highest BCUT2D eigenvalue weighted by atomic mass is 19.3. The maximum atomic E-state index is 11.9. The van der Waals surface area contributed by atoms with Crippen molar-refractivity contribution in [2.45, 2.75) is 19.3 Å². The second-order valence-electron chi connectivity index (χ2n) is 3.41. The Labute approximate surface area is 97.7 Å². The lowest BCUT2D eigenvalue weighted by Crippen LogP contribution is -2.30. The minimum atomic E-state index is -2.48. The van der Waals surface area contributed by atoms with Crippen molar-refractivity contribution < 1.29 is 18.3 Å². The molecule has 0 radical (unpaired) electrons. The van der Waals surface area contributed by atoms with Gasteiger partial charge in [0.2, 0.25) is 5.91 Å². The van der Waals surface area contributed by atoms with Crippen LogP contribution in [0.25, 0.3) is 0 Å². The number of hydrogen-bond acceptors (Lipinski definition) is 3. The molecule has 0 aliphatic heterocycles. The number of rotatable bonds is 6. The van der Waals surface area contributed by atoms with Crippen molar-refractivity contribution in [3.63, 3.8) is 0 Å². The zero-order valence-electron chi connectivity index (χ0n) is 9.16. The lowest BCUT2D eigenvalue weighted by molar-refractivity contribution is -0.121. The SMILES string of the molecule is NNC(=O)CCc1ccc(OCC(F)F)cc1. The summed E-state index contributed by atoms with van der Waals surface area (Å²) in [4.78, 5) is 10.9. The zero-order chi connectivity index (χ0) is 12.7. The number of carbonyl (C=O) groups excluding carboxylic acids is 1. The number of benzene rings is 1. The third-order valence-electron chi connectivity index (χ3n) is 2.10. The molecular weight excluding hydrogens is 230 g/mol. The average Bonchev–Trinajstić information content (AvgIpc) is 2.34. The first-order chi connectivity index (χ1) is 8.11. The molecule has 0 aromatic heterocycles. The van der Waals surface area contributed by atoms with Crippen molar-refractivity contribution in [1.29, 1.82) is 0 Å². The van der Waals surface area contributed by atoms with Crippen LogP contribution >= 0.6 is 0 Å². The van der Waals surface area contributed by atoms with Gasteiger partial charge in [0.25, 0.3) is 6.43 Å². The molecule has 0 spiro atoms. The van der Waals surface area contributed by atoms with E-state index in [9.17, 15) is 13.6 Å². The van der Waals surface area contributed by atoms with Crippen molar-refractivity contribution >= 4 is 5.91 Å². The molecule has 17 heavy (non-hydrogen) atoms. The highest BCUT2D eigenvalue weighted by Gasteiger charge is 2.04. The number of ether oxygens (including phenoxy) is 1. The van der Waals surface area contributed by atoms with E-state index in [1.54, 1.807) is 24.3 Å². The Morgan fingerprint density at radius 3 is 2.53 bits per heavy atom. The van der Waals surface area contributed by atoms with Gasteiger partial charge in [-0.1, -0.05) is 12.1 Å². The van der Waals surface area contributed by atoms with Gasteiger partial charge in [0.15, 0.2) is 0 Å². The number of nitrogens with one attached hydrogen (secondary N) is 1. The summed E-state index contributed by atoms with van der Waals surface area (Å²) in [7, 11) is 0. The van der Waals surface area contributed by atoms with Gasteiger partial charge in [0.05, 0.1) is 0 Å². The Morgan fingerprint density at radius 2 is 2.00 bits per heavy atom. The number of nitrogens with two attached hydrogens (primary N) is 1. The molecule has 1 rings (SSSR count). The third-order valence-corrected chi connectivity index (χ3v) is 2.10. The van der Waals surface area contributed by atoms with Crippen LogP contribution in [-0.2, 0) is 11.2 Å². The molecular formula is C11H14F2N2O2. The third kappa shape index (κ3) is 5.26. The molecule has 0 unspecified atom stereocenters. The molecule has 0 fully saturated rings. The molecule has 6 heteroatoms. The average molecular weight is 244 g/mol. The van der Waals surface area contributed by atoms with Gasteiger partial charge in [-0.3, -0.25) is 10.2 Å². The van der Waals surface area contributed by atoms with E-state index in [4.69, 9.17) is 10.6 Å². The summed E-state index contributed by atoms with van der Waals surface area (Å²) in [5, 5.41) is 0. The topological polar surface area (TPSA) is 64.3 Å². The van der Waals surface area contributed by atoms with Gasteiger partial charge in [-0.2, -0.15) is 0 Å². The largest absolute Gasteiger partial charge is 0.488 e. The number of hydrazine groups is 1. The molecule has 94 valence electrons. The number of halogens is 2. The van der Waals surface area contributed by atoms with Gasteiger partial charge in [-0.05, 0) is 24.1 Å². The minimum absolute atomic E-state index is 0.247. The van der Waals surface area contributed by atoms with Crippen LogP contribution in [0.15, 0.2) is 24.3 Å². The number of amides is 1. The van der Waals surface area contributed by atoms with Crippen LogP contribution in [0.4, 0.5) is 8.78 Å². The van der Waals surface area contributed by atoms with E-state index < -0.39 is 13.0 Å². The maximum absolute atomic E-state index is 11.9. The Morgan fingerprint density at radius 1 is 1.35 bits per heavy atom. The fourth-order valence-corrected chi connectivity index (χ4v) is 1.24. The summed E-state index contributed by atoms with van der Waals surface area (Å²) >= 11 is 0. The van der Waals surface area contributed by atoms with Crippen molar-refractivity contribution in [3.05, 3.63) is 29.8 Å². The van der Waals surface area contributed by atoms with Crippen LogP contribution in [-0.4, -0.2) is 18.9 Å². The van der Waals surface area contributed by atoms with Crippen molar-refractivity contribution in [2.75, 3.05) is 6.61 Å². The summed E-state index contributed by atoms with van der Waals surface area (Å²) in [5.41, 5.74) is 2.95. The lowest BCUT2D eigenvalue weighted by Gasteiger charge is -2.06. The van der Waals surface area contributed by atoms with E-state index in [0.717, 1.165) is 5.56 Å². The van der Waals surface area contributed by atoms with E-state index >= 15 is 0 Å². The van der Waals surface area contributed by atoms with E-state index in [1.165, 1.54) is 0 Å². The molecule has 4 nitrogen and oxygen atoms in total. The molecule has 0 aliphatic carbocycles. The molecule has 0 saturated heterocycles. The van der Waals surface area contributed by atoms with Crippen molar-refractivity contribution in [2.24, 2.45) is 5.84 Å². The summed E-state index contributed by atoms with van der Waals surface area (Å²) < 4.78 is 28.6. The molecule has 0 heterocycles. The molecule has 0 bridgehead atoms. The van der Waals surface area contributed by atoms with Crippen LogP contribution in [0.3, 0.4) is 0 Å². The van der Waals surface area contributed by atoms with E-state index in [1.807, 2.05) is 5.43 Å². The normalized spacial score (nSPS) is 10.4. The summed E-state index contributed by atoms with van der Waals surface area (Å²) in [6.45, 7) is -0.616.